The molecule has 4 nitrogen and oxygen atoms in total. The van der Waals surface area contributed by atoms with Crippen molar-refractivity contribution in [3.05, 3.63) is 23.7 Å². The molecule has 19 heavy (non-hydrogen) atoms. The van der Waals surface area contributed by atoms with Crippen molar-refractivity contribution in [1.82, 2.24) is 4.98 Å². The van der Waals surface area contributed by atoms with Crippen LogP contribution < -0.4 is 4.90 Å². The number of carboxylic acids is 1. The van der Waals surface area contributed by atoms with Crippen LogP contribution in [0.15, 0.2) is 23.7 Å². The highest BCUT2D eigenvalue weighted by Crippen LogP contribution is 2.33. The second kappa shape index (κ2) is 4.81. The minimum atomic E-state index is -0.749. The third kappa shape index (κ3) is 2.18. The summed E-state index contributed by atoms with van der Waals surface area (Å²) in [6.45, 7) is 2.88. The predicted octanol–water partition coefficient (Wildman–Crippen LogP) is 2.99. The van der Waals surface area contributed by atoms with E-state index in [0.29, 0.717) is 12.3 Å². The molecule has 0 aromatic carbocycles. The fourth-order valence-corrected chi connectivity index (χ4v) is 3.51. The summed E-state index contributed by atoms with van der Waals surface area (Å²) in [6.07, 6.45) is 3.48. The second-order valence-corrected chi connectivity index (χ2v) is 6.09. The summed E-state index contributed by atoms with van der Waals surface area (Å²) < 4.78 is 1.16. The Hall–Kier alpha value is -1.62. The van der Waals surface area contributed by atoms with Gasteiger partial charge in [0, 0.05) is 22.8 Å². The van der Waals surface area contributed by atoms with Crippen LogP contribution in [0.3, 0.4) is 0 Å². The van der Waals surface area contributed by atoms with E-state index >= 15 is 0 Å². The summed E-state index contributed by atoms with van der Waals surface area (Å²) in [5, 5.41) is 12.5. The molecule has 3 rings (SSSR count). The highest BCUT2D eigenvalue weighted by molar-refractivity contribution is 7.17. The number of pyridine rings is 1. The number of thiophene rings is 1. The maximum absolute atomic E-state index is 11.5. The Kier molecular flexibility index (Phi) is 3.14. The third-order valence-corrected chi connectivity index (χ3v) is 4.66. The van der Waals surface area contributed by atoms with E-state index in [-0.39, 0.29) is 0 Å². The van der Waals surface area contributed by atoms with Crippen molar-refractivity contribution in [1.29, 1.82) is 0 Å². The van der Waals surface area contributed by atoms with Crippen LogP contribution in [0.25, 0.3) is 10.1 Å². The minimum Gasteiger partial charge on any atom is -0.480 e. The predicted molar refractivity (Wildman–Crippen MR) is 76.8 cm³/mol. The zero-order valence-electron chi connectivity index (χ0n) is 10.7. The fraction of sp³-hybridized carbons (Fsp3) is 0.429. The van der Waals surface area contributed by atoms with E-state index in [0.717, 1.165) is 28.9 Å². The topological polar surface area (TPSA) is 53.4 Å². The minimum absolute atomic E-state index is 0.457. The first-order valence-electron chi connectivity index (χ1n) is 6.48. The number of aliphatic carboxylic acids is 1. The van der Waals surface area contributed by atoms with Crippen molar-refractivity contribution in [3.8, 4) is 0 Å². The quantitative estimate of drug-likeness (QED) is 0.916. The molecule has 1 aliphatic rings. The lowest BCUT2D eigenvalue weighted by molar-refractivity contribution is -0.139. The van der Waals surface area contributed by atoms with Gasteiger partial charge < -0.3 is 10.0 Å². The monoisotopic (exact) mass is 276 g/mol. The molecule has 0 amide bonds. The number of rotatable bonds is 2. The van der Waals surface area contributed by atoms with Crippen LogP contribution in [-0.4, -0.2) is 28.6 Å². The highest BCUT2D eigenvalue weighted by Gasteiger charge is 2.33. The van der Waals surface area contributed by atoms with Crippen molar-refractivity contribution in [2.24, 2.45) is 5.92 Å². The van der Waals surface area contributed by atoms with Crippen LogP contribution in [0.5, 0.6) is 0 Å². The molecule has 3 heterocycles. The molecular formula is C14H16N2O2S. The van der Waals surface area contributed by atoms with Gasteiger partial charge in [-0.25, -0.2) is 9.78 Å². The van der Waals surface area contributed by atoms with Crippen LogP contribution in [0, 0.1) is 5.92 Å². The second-order valence-electron chi connectivity index (χ2n) is 5.14. The molecule has 0 radical (unpaired) electrons. The van der Waals surface area contributed by atoms with Gasteiger partial charge in [0.05, 0.1) is 0 Å². The van der Waals surface area contributed by atoms with Gasteiger partial charge >= 0.3 is 5.97 Å². The van der Waals surface area contributed by atoms with Gasteiger partial charge in [0.15, 0.2) is 0 Å². The van der Waals surface area contributed by atoms with Crippen LogP contribution >= 0.6 is 11.3 Å². The van der Waals surface area contributed by atoms with E-state index in [1.807, 2.05) is 22.4 Å². The smallest absolute Gasteiger partial charge is 0.326 e. The van der Waals surface area contributed by atoms with Crippen molar-refractivity contribution >= 4 is 33.2 Å². The molecule has 0 aliphatic carbocycles. The van der Waals surface area contributed by atoms with E-state index in [1.54, 1.807) is 17.5 Å². The number of aromatic nitrogens is 1. The van der Waals surface area contributed by atoms with Gasteiger partial charge in [-0.2, -0.15) is 0 Å². The summed E-state index contributed by atoms with van der Waals surface area (Å²) >= 11 is 1.66. The van der Waals surface area contributed by atoms with Gasteiger partial charge in [-0.05, 0) is 36.3 Å². The first kappa shape index (κ1) is 12.4. The third-order valence-electron chi connectivity index (χ3n) is 3.78. The summed E-state index contributed by atoms with van der Waals surface area (Å²) in [4.78, 5) is 17.9. The molecule has 1 saturated heterocycles. The number of carbonyl (C=O) groups is 1. The lowest BCUT2D eigenvalue weighted by atomic mass is 9.92. The Morgan fingerprint density at radius 1 is 1.53 bits per heavy atom. The van der Waals surface area contributed by atoms with Crippen LogP contribution in [0.4, 0.5) is 5.82 Å². The zero-order valence-corrected chi connectivity index (χ0v) is 11.6. The van der Waals surface area contributed by atoms with E-state index in [1.165, 1.54) is 0 Å². The molecule has 1 aliphatic heterocycles. The molecule has 0 bridgehead atoms. The van der Waals surface area contributed by atoms with Crippen molar-refractivity contribution in [2.45, 2.75) is 25.8 Å². The van der Waals surface area contributed by atoms with E-state index < -0.39 is 12.0 Å². The number of nitrogens with zero attached hydrogens (tertiary/aromatic N) is 2. The molecule has 100 valence electrons. The number of hydrogen-bond acceptors (Lipinski definition) is 4. The fourth-order valence-electron chi connectivity index (χ4n) is 2.74. The Bertz CT molecular complexity index is 610. The molecule has 2 aromatic rings. The Balaban J connectivity index is 2.04. The average molecular weight is 276 g/mol. The molecule has 1 fully saturated rings. The number of carboxylic acid groups (broad SMARTS) is 1. The van der Waals surface area contributed by atoms with Crippen molar-refractivity contribution in [3.63, 3.8) is 0 Å². The van der Waals surface area contributed by atoms with Gasteiger partial charge in [-0.1, -0.05) is 6.92 Å². The number of anilines is 1. The standard InChI is InChI=1S/C14H16N2O2S/c1-9-3-6-16(11(8-9)14(17)18)13-10-4-7-19-12(10)2-5-15-13/h2,4-5,7,9,11H,3,6,8H2,1H3,(H,17,18). The zero-order chi connectivity index (χ0) is 13.4. The molecule has 2 unspecified atom stereocenters. The molecule has 5 heteroatoms. The van der Waals surface area contributed by atoms with Crippen LogP contribution in [0.2, 0.25) is 0 Å². The summed E-state index contributed by atoms with van der Waals surface area (Å²) in [6, 6.07) is 3.55. The maximum atomic E-state index is 11.5. The molecular weight excluding hydrogens is 260 g/mol. The van der Waals surface area contributed by atoms with Crippen molar-refractivity contribution in [2.75, 3.05) is 11.4 Å². The van der Waals surface area contributed by atoms with Gasteiger partial charge in [-0.15, -0.1) is 11.3 Å². The lowest BCUT2D eigenvalue weighted by Crippen LogP contribution is -2.47. The summed E-state index contributed by atoms with van der Waals surface area (Å²) in [5.41, 5.74) is 0. The normalized spacial score (nSPS) is 23.7. The average Bonchev–Trinajstić information content (AvgIpc) is 2.86. The van der Waals surface area contributed by atoms with Gasteiger partial charge in [0.25, 0.3) is 0 Å². The molecule has 2 atom stereocenters. The molecule has 0 spiro atoms. The number of piperidine rings is 1. The molecule has 1 N–H and O–H groups in total. The Labute approximate surface area is 115 Å². The van der Waals surface area contributed by atoms with Crippen LogP contribution in [0.1, 0.15) is 19.8 Å². The first-order valence-corrected chi connectivity index (χ1v) is 7.36. The number of hydrogen-bond donors (Lipinski definition) is 1. The number of fused-ring (bicyclic) bond motifs is 1. The van der Waals surface area contributed by atoms with Gasteiger partial charge in [0.2, 0.25) is 0 Å². The van der Waals surface area contributed by atoms with E-state index in [4.69, 9.17) is 0 Å². The van der Waals surface area contributed by atoms with Gasteiger partial charge in [-0.3, -0.25) is 0 Å². The van der Waals surface area contributed by atoms with Crippen molar-refractivity contribution < 1.29 is 9.90 Å². The summed E-state index contributed by atoms with van der Waals surface area (Å²) in [7, 11) is 0. The van der Waals surface area contributed by atoms with E-state index in [9.17, 15) is 9.90 Å². The van der Waals surface area contributed by atoms with Crippen LogP contribution in [-0.2, 0) is 4.79 Å². The van der Waals surface area contributed by atoms with E-state index in [2.05, 4.69) is 11.9 Å². The Morgan fingerprint density at radius 2 is 2.37 bits per heavy atom. The Morgan fingerprint density at radius 3 is 3.16 bits per heavy atom. The SMILES string of the molecule is CC1CCN(c2nccc3sccc23)C(C(=O)O)C1. The molecule has 0 saturated carbocycles. The van der Waals surface area contributed by atoms with Gasteiger partial charge in [0.1, 0.15) is 11.9 Å². The highest BCUT2D eigenvalue weighted by atomic mass is 32.1. The maximum Gasteiger partial charge on any atom is 0.326 e. The molecule has 2 aromatic heterocycles. The summed E-state index contributed by atoms with van der Waals surface area (Å²) in [5.74, 6) is 0.526. The lowest BCUT2D eigenvalue weighted by Gasteiger charge is -2.37. The largest absolute Gasteiger partial charge is 0.480 e. The first-order chi connectivity index (χ1) is 9.16.